The largest absolute Gasteiger partial charge is 0.309 e. The number of alkyl halides is 1. The molecule has 0 bridgehead atoms. The molecule has 0 saturated carbocycles. The van der Waals surface area contributed by atoms with Crippen LogP contribution in [0.4, 0.5) is 5.82 Å². The monoisotopic (exact) mass is 176 g/mol. The van der Waals surface area contributed by atoms with Crippen molar-refractivity contribution in [3.8, 4) is 0 Å². The molecule has 1 aromatic heterocycles. The summed E-state index contributed by atoms with van der Waals surface area (Å²) in [6.45, 7) is 0. The van der Waals surface area contributed by atoms with Crippen LogP contribution in [0, 0.1) is 0 Å². The van der Waals surface area contributed by atoms with E-state index in [4.69, 9.17) is 11.6 Å². The van der Waals surface area contributed by atoms with Gasteiger partial charge in [0.25, 0.3) is 0 Å². The van der Waals surface area contributed by atoms with Gasteiger partial charge in [-0.25, -0.2) is 4.98 Å². The van der Waals surface area contributed by atoms with Crippen molar-refractivity contribution >= 4 is 34.7 Å². The number of halogens is 1. The highest BCUT2D eigenvalue weighted by Crippen LogP contribution is 2.05. The Bertz CT molecular complexity index is 211. The normalized spacial score (nSPS) is 9.30. The molecule has 54 valence electrons. The number of nitrogens with one attached hydrogen (secondary N) is 1. The third-order valence-corrected chi connectivity index (χ3v) is 1.65. The van der Waals surface area contributed by atoms with Crippen LogP contribution >= 0.6 is 22.9 Å². The molecule has 0 radical (unpaired) electrons. The Morgan fingerprint density at radius 2 is 2.70 bits per heavy atom. The molecular weight excluding hydrogens is 172 g/mol. The summed E-state index contributed by atoms with van der Waals surface area (Å²) in [5, 5.41) is 4.24. The van der Waals surface area contributed by atoms with E-state index in [1.165, 1.54) is 11.3 Å². The van der Waals surface area contributed by atoms with Gasteiger partial charge < -0.3 is 5.32 Å². The van der Waals surface area contributed by atoms with Crippen LogP contribution < -0.4 is 5.32 Å². The van der Waals surface area contributed by atoms with Crippen LogP contribution in [-0.4, -0.2) is 16.8 Å². The molecular formula is C5H5ClN2OS. The Kier molecular flexibility index (Phi) is 2.65. The second kappa shape index (κ2) is 3.53. The molecule has 0 aromatic carbocycles. The number of aromatic nitrogens is 1. The highest BCUT2D eigenvalue weighted by Gasteiger charge is 1.99. The molecule has 1 rings (SSSR count). The van der Waals surface area contributed by atoms with Crippen molar-refractivity contribution in [2.24, 2.45) is 0 Å². The van der Waals surface area contributed by atoms with Crippen LogP contribution in [-0.2, 0) is 4.79 Å². The van der Waals surface area contributed by atoms with E-state index in [1.807, 2.05) is 0 Å². The van der Waals surface area contributed by atoms with E-state index in [9.17, 15) is 4.79 Å². The highest BCUT2D eigenvalue weighted by molar-refractivity contribution is 7.07. The van der Waals surface area contributed by atoms with Gasteiger partial charge in [0, 0.05) is 5.38 Å². The average molecular weight is 177 g/mol. The standard InChI is InChI=1S/C5H5ClN2OS/c6-1-5(9)8-4-2-10-3-7-4/h2-3H,1H2,(H,8,9). The molecule has 0 unspecified atom stereocenters. The van der Waals surface area contributed by atoms with E-state index in [-0.39, 0.29) is 11.8 Å². The number of thiazole rings is 1. The molecule has 0 aliphatic rings. The van der Waals surface area contributed by atoms with Gasteiger partial charge in [0.2, 0.25) is 5.91 Å². The van der Waals surface area contributed by atoms with E-state index in [0.717, 1.165) is 0 Å². The summed E-state index contributed by atoms with van der Waals surface area (Å²) in [4.78, 5) is 14.4. The molecule has 5 heteroatoms. The maximum Gasteiger partial charge on any atom is 0.240 e. The predicted octanol–water partition coefficient (Wildman–Crippen LogP) is 1.32. The summed E-state index contributed by atoms with van der Waals surface area (Å²) in [6, 6.07) is 0. The van der Waals surface area contributed by atoms with E-state index in [0.29, 0.717) is 5.82 Å². The summed E-state index contributed by atoms with van der Waals surface area (Å²) in [5.41, 5.74) is 1.64. The first kappa shape index (κ1) is 7.50. The minimum Gasteiger partial charge on any atom is -0.309 e. The quantitative estimate of drug-likeness (QED) is 0.691. The number of anilines is 1. The zero-order valence-corrected chi connectivity index (χ0v) is 6.58. The fraction of sp³-hybridized carbons (Fsp3) is 0.200. The van der Waals surface area contributed by atoms with Crippen LogP contribution in [0.3, 0.4) is 0 Å². The Morgan fingerprint density at radius 1 is 1.90 bits per heavy atom. The Hall–Kier alpha value is -0.610. The molecule has 0 saturated heterocycles. The van der Waals surface area contributed by atoms with Crippen molar-refractivity contribution in [2.45, 2.75) is 0 Å². The highest BCUT2D eigenvalue weighted by atomic mass is 35.5. The summed E-state index contributed by atoms with van der Waals surface area (Å²) < 4.78 is 0. The maximum atomic E-state index is 10.6. The molecule has 0 fully saturated rings. The third-order valence-electron chi connectivity index (χ3n) is 0.821. The van der Waals surface area contributed by atoms with E-state index in [2.05, 4.69) is 10.3 Å². The van der Waals surface area contributed by atoms with Crippen molar-refractivity contribution in [3.05, 3.63) is 10.9 Å². The van der Waals surface area contributed by atoms with Crippen molar-refractivity contribution in [1.29, 1.82) is 0 Å². The first-order chi connectivity index (χ1) is 4.83. The van der Waals surface area contributed by atoms with Gasteiger partial charge in [-0.3, -0.25) is 4.79 Å². The maximum absolute atomic E-state index is 10.6. The zero-order chi connectivity index (χ0) is 7.40. The molecule has 1 N–H and O–H groups in total. The first-order valence-corrected chi connectivity index (χ1v) is 4.04. The minimum atomic E-state index is -0.229. The number of rotatable bonds is 2. The van der Waals surface area contributed by atoms with Crippen molar-refractivity contribution in [3.63, 3.8) is 0 Å². The predicted molar refractivity (Wildman–Crippen MR) is 41.5 cm³/mol. The lowest BCUT2D eigenvalue weighted by Gasteiger charge is -1.94. The number of hydrogen-bond acceptors (Lipinski definition) is 3. The lowest BCUT2D eigenvalue weighted by molar-refractivity contribution is -0.113. The van der Waals surface area contributed by atoms with Gasteiger partial charge >= 0.3 is 0 Å². The van der Waals surface area contributed by atoms with Gasteiger partial charge in [0.15, 0.2) is 0 Å². The van der Waals surface area contributed by atoms with Crippen LogP contribution in [0.2, 0.25) is 0 Å². The first-order valence-electron chi connectivity index (χ1n) is 2.57. The molecule has 1 aromatic rings. The lowest BCUT2D eigenvalue weighted by atomic mass is 10.6. The number of hydrogen-bond donors (Lipinski definition) is 1. The number of amides is 1. The van der Waals surface area contributed by atoms with E-state index < -0.39 is 0 Å². The van der Waals surface area contributed by atoms with Gasteiger partial charge in [0.1, 0.15) is 11.7 Å². The average Bonchev–Trinajstić information content (AvgIpc) is 2.40. The van der Waals surface area contributed by atoms with E-state index >= 15 is 0 Å². The number of carbonyl (C=O) groups is 1. The Morgan fingerprint density at radius 3 is 3.20 bits per heavy atom. The second-order valence-electron chi connectivity index (χ2n) is 1.56. The molecule has 0 atom stereocenters. The summed E-state index contributed by atoms with van der Waals surface area (Å²) in [6.07, 6.45) is 0. The summed E-state index contributed by atoms with van der Waals surface area (Å²) in [7, 11) is 0. The van der Waals surface area contributed by atoms with Crippen LogP contribution in [0.1, 0.15) is 0 Å². The topological polar surface area (TPSA) is 42.0 Å². The molecule has 1 heterocycles. The molecule has 3 nitrogen and oxygen atoms in total. The van der Waals surface area contributed by atoms with Crippen molar-refractivity contribution in [2.75, 3.05) is 11.2 Å². The summed E-state index contributed by atoms with van der Waals surface area (Å²) >= 11 is 6.66. The molecule has 0 aliphatic carbocycles. The second-order valence-corrected chi connectivity index (χ2v) is 2.54. The molecule has 0 spiro atoms. The SMILES string of the molecule is O=C(CCl)Nc1cscn1. The number of carbonyl (C=O) groups excluding carboxylic acids is 1. The van der Waals surface area contributed by atoms with Crippen LogP contribution in [0.15, 0.2) is 10.9 Å². The fourth-order valence-electron chi connectivity index (χ4n) is 0.451. The molecule has 0 aliphatic heterocycles. The zero-order valence-electron chi connectivity index (χ0n) is 5.00. The van der Waals surface area contributed by atoms with Gasteiger partial charge in [-0.05, 0) is 0 Å². The fourth-order valence-corrected chi connectivity index (χ4v) is 1.00. The Balaban J connectivity index is 2.48. The van der Waals surface area contributed by atoms with E-state index in [1.54, 1.807) is 10.9 Å². The minimum absolute atomic E-state index is 0.0302. The van der Waals surface area contributed by atoms with Gasteiger partial charge in [-0.2, -0.15) is 0 Å². The van der Waals surface area contributed by atoms with Gasteiger partial charge in [0.05, 0.1) is 5.51 Å². The van der Waals surface area contributed by atoms with Crippen LogP contribution in [0.5, 0.6) is 0 Å². The number of nitrogens with zero attached hydrogens (tertiary/aromatic N) is 1. The van der Waals surface area contributed by atoms with Crippen LogP contribution in [0.25, 0.3) is 0 Å². The third kappa shape index (κ3) is 1.97. The van der Waals surface area contributed by atoms with Crippen molar-refractivity contribution < 1.29 is 4.79 Å². The lowest BCUT2D eigenvalue weighted by Crippen LogP contribution is -2.12. The smallest absolute Gasteiger partial charge is 0.240 e. The van der Waals surface area contributed by atoms with Gasteiger partial charge in [-0.1, -0.05) is 0 Å². The Labute approximate surface area is 67.0 Å². The summed E-state index contributed by atoms with van der Waals surface area (Å²) in [5.74, 6) is 0.306. The van der Waals surface area contributed by atoms with Gasteiger partial charge in [-0.15, -0.1) is 22.9 Å². The molecule has 10 heavy (non-hydrogen) atoms. The van der Waals surface area contributed by atoms with Crippen molar-refractivity contribution in [1.82, 2.24) is 4.98 Å². The molecule has 1 amide bonds.